The summed E-state index contributed by atoms with van der Waals surface area (Å²) in [7, 11) is 1.57. The number of nitrogens with zero attached hydrogens (tertiary/aromatic N) is 3. The van der Waals surface area contributed by atoms with E-state index in [0.29, 0.717) is 30.5 Å². The van der Waals surface area contributed by atoms with E-state index in [1.807, 2.05) is 45.0 Å². The van der Waals surface area contributed by atoms with E-state index in [1.165, 1.54) is 0 Å². The van der Waals surface area contributed by atoms with Crippen molar-refractivity contribution in [2.75, 3.05) is 20.3 Å². The SMILES string of the molecule is CCc1noc(C2=C(C)N=C(C)C(C(=O)OCCOC)C2c2cccc(Br)c2)n1. The zero-order chi connectivity index (χ0) is 21.0. The van der Waals surface area contributed by atoms with Gasteiger partial charge in [0.1, 0.15) is 12.5 Å². The molecule has 2 unspecified atom stereocenters. The zero-order valence-corrected chi connectivity index (χ0v) is 18.5. The third-order valence-corrected chi connectivity index (χ3v) is 5.33. The van der Waals surface area contributed by atoms with Crippen molar-refractivity contribution < 1.29 is 18.8 Å². The van der Waals surface area contributed by atoms with Gasteiger partial charge in [0.05, 0.1) is 6.61 Å². The van der Waals surface area contributed by atoms with Crippen LogP contribution in [-0.4, -0.2) is 42.1 Å². The van der Waals surface area contributed by atoms with Crippen LogP contribution in [0.4, 0.5) is 0 Å². The minimum atomic E-state index is -0.600. The van der Waals surface area contributed by atoms with Gasteiger partial charge in [0.25, 0.3) is 5.89 Å². The van der Waals surface area contributed by atoms with Crippen LogP contribution in [-0.2, 0) is 20.7 Å². The van der Waals surface area contributed by atoms with Crippen LogP contribution in [0.5, 0.6) is 0 Å². The second-order valence-corrected chi connectivity index (χ2v) is 7.71. The van der Waals surface area contributed by atoms with Crippen LogP contribution < -0.4 is 0 Å². The van der Waals surface area contributed by atoms with Crippen molar-refractivity contribution in [3.63, 3.8) is 0 Å². The second kappa shape index (κ2) is 9.45. The number of allylic oxidation sites excluding steroid dienone is 2. The van der Waals surface area contributed by atoms with Crippen molar-refractivity contribution >= 4 is 33.2 Å². The lowest BCUT2D eigenvalue weighted by Crippen LogP contribution is -2.34. The van der Waals surface area contributed by atoms with Gasteiger partial charge in [-0.3, -0.25) is 9.79 Å². The highest BCUT2D eigenvalue weighted by atomic mass is 79.9. The van der Waals surface area contributed by atoms with E-state index in [-0.39, 0.29) is 18.5 Å². The average Bonchev–Trinajstić information content (AvgIpc) is 3.16. The van der Waals surface area contributed by atoms with E-state index in [4.69, 9.17) is 14.0 Å². The summed E-state index contributed by atoms with van der Waals surface area (Å²) in [6.45, 7) is 6.22. The van der Waals surface area contributed by atoms with Crippen molar-refractivity contribution in [1.82, 2.24) is 10.1 Å². The monoisotopic (exact) mass is 461 g/mol. The number of halogens is 1. The first kappa shape index (κ1) is 21.4. The molecule has 0 saturated heterocycles. The number of aromatic nitrogens is 2. The van der Waals surface area contributed by atoms with Gasteiger partial charge in [-0.1, -0.05) is 40.1 Å². The number of aliphatic imine (C=N–C) groups is 1. The lowest BCUT2D eigenvalue weighted by atomic mass is 9.75. The molecule has 2 heterocycles. The first-order valence-electron chi connectivity index (χ1n) is 9.46. The molecule has 0 aliphatic carbocycles. The third kappa shape index (κ3) is 4.64. The standard InChI is InChI=1S/C21H24BrN3O4/c1-5-16-24-20(29-25-16)17-12(2)23-13(3)18(21(26)28-10-9-27-4)19(17)14-7-6-8-15(22)11-14/h6-8,11,18-19H,5,9-10H2,1-4H3. The van der Waals surface area contributed by atoms with Crippen LogP contribution in [0, 0.1) is 5.92 Å². The van der Waals surface area contributed by atoms with Gasteiger partial charge < -0.3 is 14.0 Å². The molecule has 0 bridgehead atoms. The molecule has 29 heavy (non-hydrogen) atoms. The highest BCUT2D eigenvalue weighted by molar-refractivity contribution is 9.10. The van der Waals surface area contributed by atoms with Gasteiger partial charge in [0, 0.05) is 40.9 Å². The highest BCUT2D eigenvalue weighted by Crippen LogP contribution is 2.44. The van der Waals surface area contributed by atoms with E-state index >= 15 is 0 Å². The number of hydrogen-bond acceptors (Lipinski definition) is 7. The summed E-state index contributed by atoms with van der Waals surface area (Å²) >= 11 is 3.53. The van der Waals surface area contributed by atoms with Gasteiger partial charge in [-0.25, -0.2) is 0 Å². The minimum Gasteiger partial charge on any atom is -0.463 e. The number of rotatable bonds is 7. The van der Waals surface area contributed by atoms with E-state index in [0.717, 1.165) is 21.3 Å². The molecule has 0 amide bonds. The van der Waals surface area contributed by atoms with E-state index in [2.05, 4.69) is 31.1 Å². The molecule has 0 radical (unpaired) electrons. The molecule has 7 nitrogen and oxygen atoms in total. The van der Waals surface area contributed by atoms with Crippen LogP contribution in [0.1, 0.15) is 44.0 Å². The van der Waals surface area contributed by atoms with Gasteiger partial charge in [0.2, 0.25) is 0 Å². The molecule has 3 rings (SSSR count). The fourth-order valence-corrected chi connectivity index (χ4v) is 3.92. The number of methoxy groups -OCH3 is 1. The summed E-state index contributed by atoms with van der Waals surface area (Å²) in [5, 5.41) is 4.03. The van der Waals surface area contributed by atoms with Crippen molar-refractivity contribution in [2.45, 2.75) is 33.1 Å². The molecule has 1 aliphatic heterocycles. The first-order chi connectivity index (χ1) is 14.0. The lowest BCUT2D eigenvalue weighted by Gasteiger charge is -2.31. The second-order valence-electron chi connectivity index (χ2n) is 6.79. The molecule has 0 saturated carbocycles. The molecule has 1 aromatic heterocycles. The van der Waals surface area contributed by atoms with Crippen molar-refractivity contribution in [1.29, 1.82) is 0 Å². The first-order valence-corrected chi connectivity index (χ1v) is 10.3. The molecule has 0 N–H and O–H groups in total. The molecule has 154 valence electrons. The molecule has 2 aromatic rings. The molecule has 8 heteroatoms. The predicted molar refractivity (Wildman–Crippen MR) is 113 cm³/mol. The number of benzene rings is 1. The van der Waals surface area contributed by atoms with Gasteiger partial charge >= 0.3 is 5.97 Å². The van der Waals surface area contributed by atoms with Crippen LogP contribution in [0.2, 0.25) is 0 Å². The maximum Gasteiger partial charge on any atom is 0.315 e. The Morgan fingerprint density at radius 1 is 1.28 bits per heavy atom. The Bertz CT molecular complexity index is 951. The van der Waals surface area contributed by atoms with E-state index < -0.39 is 5.92 Å². The Hall–Kier alpha value is -2.32. The Labute approximate surface area is 178 Å². The van der Waals surface area contributed by atoms with E-state index in [1.54, 1.807) is 7.11 Å². The van der Waals surface area contributed by atoms with Crippen LogP contribution >= 0.6 is 15.9 Å². The van der Waals surface area contributed by atoms with Gasteiger partial charge in [0.15, 0.2) is 5.82 Å². The van der Waals surface area contributed by atoms with Crippen LogP contribution in [0.15, 0.2) is 44.0 Å². The smallest absolute Gasteiger partial charge is 0.315 e. The van der Waals surface area contributed by atoms with Gasteiger partial charge in [-0.05, 0) is 31.5 Å². The summed E-state index contributed by atoms with van der Waals surface area (Å²) in [6.07, 6.45) is 0.655. The lowest BCUT2D eigenvalue weighted by molar-refractivity contribution is -0.147. The molecule has 2 atom stereocenters. The molecule has 0 fully saturated rings. The predicted octanol–water partition coefficient (Wildman–Crippen LogP) is 4.19. The average molecular weight is 462 g/mol. The number of aryl methyl sites for hydroxylation is 1. The van der Waals surface area contributed by atoms with Crippen molar-refractivity contribution in [3.8, 4) is 0 Å². The Morgan fingerprint density at radius 3 is 2.72 bits per heavy atom. The minimum absolute atomic E-state index is 0.183. The molecular formula is C21H24BrN3O4. The quantitative estimate of drug-likeness (QED) is 0.453. The summed E-state index contributed by atoms with van der Waals surface area (Å²) in [5.74, 6) is -0.315. The largest absolute Gasteiger partial charge is 0.463 e. The maximum atomic E-state index is 13.0. The zero-order valence-electron chi connectivity index (χ0n) is 16.9. The van der Waals surface area contributed by atoms with Crippen molar-refractivity contribution in [3.05, 3.63) is 51.7 Å². The molecule has 1 aliphatic rings. The molecule has 1 aromatic carbocycles. The van der Waals surface area contributed by atoms with Crippen LogP contribution in [0.3, 0.4) is 0 Å². The summed E-state index contributed by atoms with van der Waals surface area (Å²) in [6, 6.07) is 7.85. The summed E-state index contributed by atoms with van der Waals surface area (Å²) in [5.41, 5.74) is 3.12. The maximum absolute atomic E-state index is 13.0. The van der Waals surface area contributed by atoms with Crippen LogP contribution in [0.25, 0.3) is 5.57 Å². The van der Waals surface area contributed by atoms with Gasteiger partial charge in [-0.15, -0.1) is 0 Å². The number of carbonyl (C=O) groups excluding carboxylic acids is 1. The normalized spacial score (nSPS) is 19.3. The number of carbonyl (C=O) groups is 1. The van der Waals surface area contributed by atoms with E-state index in [9.17, 15) is 4.79 Å². The number of hydrogen-bond donors (Lipinski definition) is 0. The molecular weight excluding hydrogens is 438 g/mol. The van der Waals surface area contributed by atoms with Crippen molar-refractivity contribution in [2.24, 2.45) is 10.9 Å². The summed E-state index contributed by atoms with van der Waals surface area (Å²) in [4.78, 5) is 22.2. The molecule has 0 spiro atoms. The Morgan fingerprint density at radius 2 is 2.07 bits per heavy atom. The Balaban J connectivity index is 2.10. The fourth-order valence-electron chi connectivity index (χ4n) is 3.50. The number of esters is 1. The fraction of sp³-hybridized carbons (Fsp3) is 0.429. The topological polar surface area (TPSA) is 86.8 Å². The van der Waals surface area contributed by atoms with Gasteiger partial charge in [-0.2, -0.15) is 4.98 Å². The number of ether oxygens (including phenoxy) is 2. The summed E-state index contributed by atoms with van der Waals surface area (Å²) < 4.78 is 16.9. The Kier molecular flexibility index (Phi) is 6.97. The highest BCUT2D eigenvalue weighted by Gasteiger charge is 2.41. The third-order valence-electron chi connectivity index (χ3n) is 4.84.